The first-order chi connectivity index (χ1) is 11.7. The zero-order chi connectivity index (χ0) is 18.0. The van der Waals surface area contributed by atoms with Crippen molar-refractivity contribution in [3.05, 3.63) is 53.1 Å². The molecule has 2 aliphatic rings. The number of carbonyl (C=O) groups is 1. The summed E-state index contributed by atoms with van der Waals surface area (Å²) in [4.78, 5) is 12.0. The Morgan fingerprint density at radius 3 is 2.16 bits per heavy atom. The molecule has 25 heavy (non-hydrogen) atoms. The van der Waals surface area contributed by atoms with E-state index in [0.29, 0.717) is 5.56 Å². The lowest BCUT2D eigenvalue weighted by atomic mass is 9.86. The van der Waals surface area contributed by atoms with Gasteiger partial charge in [-0.25, -0.2) is 0 Å². The molecule has 2 aliphatic heterocycles. The van der Waals surface area contributed by atoms with Crippen LogP contribution < -0.4 is 16.0 Å². The summed E-state index contributed by atoms with van der Waals surface area (Å²) in [5, 5.41) is 9.36. The number of carbonyl (C=O) groups excluding carboxylic acids is 1. The minimum atomic E-state index is -4.34. The second kappa shape index (κ2) is 4.91. The molecule has 0 bridgehead atoms. The predicted octanol–water partition coefficient (Wildman–Crippen LogP) is 4.47. The lowest BCUT2D eigenvalue weighted by molar-refractivity contribution is -0.137. The highest BCUT2D eigenvalue weighted by Crippen LogP contribution is 2.45. The van der Waals surface area contributed by atoms with E-state index in [2.05, 4.69) is 16.0 Å². The van der Waals surface area contributed by atoms with Gasteiger partial charge in [-0.15, -0.1) is 0 Å². The second-order valence-corrected chi connectivity index (χ2v) is 6.86. The number of hydrogen-bond donors (Lipinski definition) is 3. The third-order valence-corrected chi connectivity index (χ3v) is 4.82. The fourth-order valence-corrected chi connectivity index (χ4v) is 3.24. The van der Waals surface area contributed by atoms with Crippen molar-refractivity contribution in [3.63, 3.8) is 0 Å². The maximum atomic E-state index is 12.7. The topological polar surface area (TPSA) is 53.2 Å². The maximum absolute atomic E-state index is 12.7. The van der Waals surface area contributed by atoms with Gasteiger partial charge in [0.15, 0.2) is 0 Å². The van der Waals surface area contributed by atoms with E-state index in [1.807, 2.05) is 26.0 Å². The van der Waals surface area contributed by atoms with Gasteiger partial charge in [0, 0.05) is 5.69 Å². The Morgan fingerprint density at radius 2 is 1.56 bits per heavy atom. The number of nitrogens with one attached hydrogen (secondary N) is 3. The fraction of sp³-hybridized carbons (Fsp3) is 0.278. The van der Waals surface area contributed by atoms with Gasteiger partial charge in [-0.3, -0.25) is 4.79 Å². The third-order valence-electron chi connectivity index (χ3n) is 4.82. The minimum absolute atomic E-state index is 0.0505. The molecular formula is C18H16F3N3O. The van der Waals surface area contributed by atoms with Crippen LogP contribution in [0, 0.1) is 0 Å². The summed E-state index contributed by atoms with van der Waals surface area (Å²) in [5.74, 6) is -0.0505. The molecule has 4 rings (SSSR count). The van der Waals surface area contributed by atoms with E-state index in [1.54, 1.807) is 0 Å². The average molecular weight is 347 g/mol. The number of alkyl halides is 3. The molecule has 0 saturated carbocycles. The first-order valence-electron chi connectivity index (χ1n) is 7.86. The van der Waals surface area contributed by atoms with E-state index in [0.717, 1.165) is 34.8 Å². The highest BCUT2D eigenvalue weighted by atomic mass is 19.4. The summed E-state index contributed by atoms with van der Waals surface area (Å²) < 4.78 is 38.1. The smallest absolute Gasteiger partial charge is 0.360 e. The summed E-state index contributed by atoms with van der Waals surface area (Å²) >= 11 is 0. The van der Waals surface area contributed by atoms with Crippen LogP contribution in [0.25, 0.3) is 0 Å². The number of amides is 1. The fourth-order valence-electron chi connectivity index (χ4n) is 3.24. The normalized spacial score (nSPS) is 20.4. The van der Waals surface area contributed by atoms with Crippen molar-refractivity contribution in [1.29, 1.82) is 0 Å². The molecular weight excluding hydrogens is 331 g/mol. The number of anilines is 3. The molecule has 3 N–H and O–H groups in total. The van der Waals surface area contributed by atoms with Crippen LogP contribution >= 0.6 is 0 Å². The van der Waals surface area contributed by atoms with Gasteiger partial charge in [-0.1, -0.05) is 12.1 Å². The molecule has 2 heterocycles. The van der Waals surface area contributed by atoms with Crippen molar-refractivity contribution >= 4 is 23.0 Å². The summed E-state index contributed by atoms with van der Waals surface area (Å²) in [6.45, 7) is 3.71. The SMILES string of the molecule is CC1(C)C(=O)Nc2cc3c(cc21)NC(c1ccc(C(F)(F)F)cc1)N3. The van der Waals surface area contributed by atoms with Crippen LogP contribution in [0.1, 0.15) is 36.7 Å². The lowest BCUT2D eigenvalue weighted by Gasteiger charge is -2.16. The monoisotopic (exact) mass is 347 g/mol. The number of benzene rings is 2. The molecule has 0 aromatic heterocycles. The Morgan fingerprint density at radius 1 is 0.960 bits per heavy atom. The van der Waals surface area contributed by atoms with E-state index in [4.69, 9.17) is 0 Å². The van der Waals surface area contributed by atoms with Gasteiger partial charge >= 0.3 is 6.18 Å². The standard InChI is InChI=1S/C18H16F3N3O/c1-17(2)11-7-13-14(8-12(11)24-16(17)25)23-15(22-13)9-3-5-10(6-4-9)18(19,20)21/h3-8,15,22-23H,1-2H3,(H,24,25). The average Bonchev–Trinajstić information content (AvgIpc) is 3.04. The van der Waals surface area contributed by atoms with Gasteiger partial charge in [0.2, 0.25) is 5.91 Å². The van der Waals surface area contributed by atoms with Crippen LogP contribution in [0.4, 0.5) is 30.2 Å². The molecule has 2 aromatic carbocycles. The minimum Gasteiger partial charge on any atom is -0.360 e. The van der Waals surface area contributed by atoms with Crippen molar-refractivity contribution in [2.75, 3.05) is 16.0 Å². The highest BCUT2D eigenvalue weighted by molar-refractivity contribution is 6.07. The zero-order valence-corrected chi connectivity index (χ0v) is 13.6. The molecule has 2 aromatic rings. The quantitative estimate of drug-likeness (QED) is 0.713. The van der Waals surface area contributed by atoms with Gasteiger partial charge in [-0.2, -0.15) is 13.2 Å². The Kier molecular flexibility index (Phi) is 3.10. The maximum Gasteiger partial charge on any atom is 0.416 e. The van der Waals surface area contributed by atoms with Gasteiger partial charge < -0.3 is 16.0 Å². The Labute approximate surface area is 142 Å². The Bertz CT molecular complexity index is 872. The molecule has 130 valence electrons. The van der Waals surface area contributed by atoms with Crippen molar-refractivity contribution in [2.45, 2.75) is 31.6 Å². The van der Waals surface area contributed by atoms with E-state index < -0.39 is 17.2 Å². The van der Waals surface area contributed by atoms with Gasteiger partial charge in [0.05, 0.1) is 22.4 Å². The molecule has 0 aliphatic carbocycles. The number of fused-ring (bicyclic) bond motifs is 2. The molecule has 0 saturated heterocycles. The van der Waals surface area contributed by atoms with Crippen molar-refractivity contribution in [2.24, 2.45) is 0 Å². The van der Waals surface area contributed by atoms with E-state index >= 15 is 0 Å². The van der Waals surface area contributed by atoms with Crippen molar-refractivity contribution in [1.82, 2.24) is 0 Å². The summed E-state index contributed by atoms with van der Waals surface area (Å²) in [6, 6.07) is 8.83. The predicted molar refractivity (Wildman–Crippen MR) is 89.5 cm³/mol. The van der Waals surface area contributed by atoms with Crippen LogP contribution in [-0.4, -0.2) is 5.91 Å². The van der Waals surface area contributed by atoms with Gasteiger partial charge in [0.25, 0.3) is 0 Å². The van der Waals surface area contributed by atoms with Crippen LogP contribution in [0.15, 0.2) is 36.4 Å². The largest absolute Gasteiger partial charge is 0.416 e. The summed E-state index contributed by atoms with van der Waals surface area (Å²) in [7, 11) is 0. The highest BCUT2D eigenvalue weighted by Gasteiger charge is 2.40. The molecule has 0 fully saturated rings. The van der Waals surface area contributed by atoms with Crippen LogP contribution in [0.2, 0.25) is 0 Å². The van der Waals surface area contributed by atoms with Crippen LogP contribution in [0.3, 0.4) is 0 Å². The van der Waals surface area contributed by atoms with Gasteiger partial charge in [0.1, 0.15) is 6.17 Å². The number of halogens is 3. The second-order valence-electron chi connectivity index (χ2n) is 6.86. The lowest BCUT2D eigenvalue weighted by Crippen LogP contribution is -2.26. The van der Waals surface area contributed by atoms with E-state index in [-0.39, 0.29) is 12.1 Å². The third kappa shape index (κ3) is 2.42. The Balaban J connectivity index is 1.62. The van der Waals surface area contributed by atoms with Crippen LogP contribution in [-0.2, 0) is 16.4 Å². The van der Waals surface area contributed by atoms with Crippen molar-refractivity contribution in [3.8, 4) is 0 Å². The molecule has 7 heteroatoms. The van der Waals surface area contributed by atoms with E-state index in [9.17, 15) is 18.0 Å². The number of rotatable bonds is 1. The summed E-state index contributed by atoms with van der Waals surface area (Å²) in [5.41, 5.74) is 2.71. The molecule has 1 atom stereocenters. The summed E-state index contributed by atoms with van der Waals surface area (Å²) in [6.07, 6.45) is -4.67. The van der Waals surface area contributed by atoms with Crippen LogP contribution in [0.5, 0.6) is 0 Å². The molecule has 1 unspecified atom stereocenters. The molecule has 4 nitrogen and oxygen atoms in total. The zero-order valence-electron chi connectivity index (χ0n) is 13.6. The number of hydrogen-bond acceptors (Lipinski definition) is 3. The first-order valence-corrected chi connectivity index (χ1v) is 7.86. The van der Waals surface area contributed by atoms with E-state index in [1.165, 1.54) is 12.1 Å². The molecule has 0 spiro atoms. The first kappa shape index (κ1) is 15.8. The molecule has 0 radical (unpaired) electrons. The molecule has 1 amide bonds. The van der Waals surface area contributed by atoms with Crippen molar-refractivity contribution < 1.29 is 18.0 Å². The van der Waals surface area contributed by atoms with Gasteiger partial charge in [-0.05, 0) is 49.2 Å². The Hall–Kier alpha value is -2.70.